The molecule has 6 heteroatoms. The molecule has 0 saturated heterocycles. The summed E-state index contributed by atoms with van der Waals surface area (Å²) in [5.41, 5.74) is 0.923. The van der Waals surface area contributed by atoms with Gasteiger partial charge in [-0.1, -0.05) is 6.92 Å². The van der Waals surface area contributed by atoms with E-state index in [-0.39, 0.29) is 24.2 Å². The van der Waals surface area contributed by atoms with Gasteiger partial charge in [0, 0.05) is 25.5 Å². The average Bonchev–Trinajstić information content (AvgIpc) is 3.08. The van der Waals surface area contributed by atoms with Crippen LogP contribution < -0.4 is 0 Å². The smallest absolute Gasteiger partial charge is 0.310 e. The summed E-state index contributed by atoms with van der Waals surface area (Å²) in [5.74, 6) is -0.804. The second kappa shape index (κ2) is 7.40. The van der Waals surface area contributed by atoms with Crippen LogP contribution in [-0.4, -0.2) is 35.4 Å². The van der Waals surface area contributed by atoms with Crippen molar-refractivity contribution in [1.82, 2.24) is 9.88 Å². The van der Waals surface area contributed by atoms with Crippen molar-refractivity contribution in [2.24, 2.45) is 5.92 Å². The standard InChI is InChI=1S/C16H18N2O4/c1-12(16(20)21-2)10-18(11-13-5-7-17-8-6-13)15(19)14-4-3-9-22-14/h3-9,12H,10-11H2,1-2H3. The van der Waals surface area contributed by atoms with Crippen molar-refractivity contribution >= 4 is 11.9 Å². The maximum atomic E-state index is 12.5. The molecule has 0 saturated carbocycles. The molecule has 2 heterocycles. The predicted molar refractivity (Wildman–Crippen MR) is 78.9 cm³/mol. The number of aromatic nitrogens is 1. The van der Waals surface area contributed by atoms with Crippen molar-refractivity contribution < 1.29 is 18.7 Å². The zero-order chi connectivity index (χ0) is 15.9. The third-order valence-corrected chi connectivity index (χ3v) is 3.24. The van der Waals surface area contributed by atoms with Crippen LogP contribution >= 0.6 is 0 Å². The Kier molecular flexibility index (Phi) is 5.30. The average molecular weight is 302 g/mol. The lowest BCUT2D eigenvalue weighted by molar-refractivity contribution is -0.145. The topological polar surface area (TPSA) is 72.6 Å². The third kappa shape index (κ3) is 3.94. The highest BCUT2D eigenvalue weighted by atomic mass is 16.5. The van der Waals surface area contributed by atoms with Gasteiger partial charge < -0.3 is 14.1 Å². The van der Waals surface area contributed by atoms with Crippen LogP contribution in [0.15, 0.2) is 47.3 Å². The van der Waals surface area contributed by atoms with E-state index in [2.05, 4.69) is 4.98 Å². The summed E-state index contributed by atoms with van der Waals surface area (Å²) in [6.45, 7) is 2.33. The quantitative estimate of drug-likeness (QED) is 0.764. The van der Waals surface area contributed by atoms with E-state index in [4.69, 9.17) is 9.15 Å². The van der Waals surface area contributed by atoms with Crippen molar-refractivity contribution in [3.05, 3.63) is 54.2 Å². The molecule has 0 fully saturated rings. The fourth-order valence-corrected chi connectivity index (χ4v) is 2.09. The van der Waals surface area contributed by atoms with Crippen LogP contribution in [0.25, 0.3) is 0 Å². The van der Waals surface area contributed by atoms with Crippen molar-refractivity contribution in [3.63, 3.8) is 0 Å². The van der Waals surface area contributed by atoms with E-state index >= 15 is 0 Å². The number of nitrogens with zero attached hydrogens (tertiary/aromatic N) is 2. The molecule has 0 spiro atoms. The molecule has 6 nitrogen and oxygen atoms in total. The second-order valence-corrected chi connectivity index (χ2v) is 4.94. The van der Waals surface area contributed by atoms with E-state index < -0.39 is 5.92 Å². The highest BCUT2D eigenvalue weighted by Crippen LogP contribution is 2.13. The number of rotatable bonds is 6. The highest BCUT2D eigenvalue weighted by molar-refractivity contribution is 5.91. The van der Waals surface area contributed by atoms with Gasteiger partial charge in [-0.15, -0.1) is 0 Å². The van der Waals surface area contributed by atoms with Crippen LogP contribution in [0.5, 0.6) is 0 Å². The van der Waals surface area contributed by atoms with Crippen LogP contribution in [-0.2, 0) is 16.1 Å². The van der Waals surface area contributed by atoms with Crippen molar-refractivity contribution in [3.8, 4) is 0 Å². The summed E-state index contributed by atoms with van der Waals surface area (Å²) in [7, 11) is 1.33. The summed E-state index contributed by atoms with van der Waals surface area (Å²) in [6, 6.07) is 6.91. The SMILES string of the molecule is COC(=O)C(C)CN(Cc1ccncc1)C(=O)c1ccco1. The highest BCUT2D eigenvalue weighted by Gasteiger charge is 2.24. The molecule has 1 atom stereocenters. The van der Waals surface area contributed by atoms with E-state index in [1.165, 1.54) is 13.4 Å². The zero-order valence-corrected chi connectivity index (χ0v) is 12.6. The first kappa shape index (κ1) is 15.8. The summed E-state index contributed by atoms with van der Waals surface area (Å²) in [6.07, 6.45) is 4.77. The van der Waals surface area contributed by atoms with E-state index in [0.717, 1.165) is 5.56 Å². The minimum Gasteiger partial charge on any atom is -0.469 e. The minimum absolute atomic E-state index is 0.242. The van der Waals surface area contributed by atoms with Crippen LogP contribution in [0.3, 0.4) is 0 Å². The fourth-order valence-electron chi connectivity index (χ4n) is 2.09. The monoisotopic (exact) mass is 302 g/mol. The van der Waals surface area contributed by atoms with Crippen molar-refractivity contribution in [2.45, 2.75) is 13.5 Å². The lowest BCUT2D eigenvalue weighted by atomic mass is 10.1. The molecular weight excluding hydrogens is 284 g/mol. The van der Waals surface area contributed by atoms with Gasteiger partial charge in [0.15, 0.2) is 5.76 Å². The molecule has 2 aromatic heterocycles. The maximum absolute atomic E-state index is 12.5. The second-order valence-electron chi connectivity index (χ2n) is 4.94. The van der Waals surface area contributed by atoms with Crippen molar-refractivity contribution in [1.29, 1.82) is 0 Å². The lowest BCUT2D eigenvalue weighted by Gasteiger charge is -2.24. The number of hydrogen-bond donors (Lipinski definition) is 0. The fraction of sp³-hybridized carbons (Fsp3) is 0.312. The number of esters is 1. The van der Waals surface area contributed by atoms with Gasteiger partial charge in [-0.2, -0.15) is 0 Å². The van der Waals surface area contributed by atoms with Gasteiger partial charge in [0.1, 0.15) is 0 Å². The lowest BCUT2D eigenvalue weighted by Crippen LogP contribution is -2.36. The molecule has 0 aromatic carbocycles. The number of amides is 1. The van der Waals surface area contributed by atoms with Crippen LogP contribution in [0, 0.1) is 5.92 Å². The molecule has 116 valence electrons. The molecule has 2 rings (SSSR count). The number of hydrogen-bond acceptors (Lipinski definition) is 5. The molecule has 1 amide bonds. The van der Waals surface area contributed by atoms with E-state index in [1.54, 1.807) is 36.4 Å². The van der Waals surface area contributed by atoms with Gasteiger partial charge in [-0.05, 0) is 29.8 Å². The Bertz CT molecular complexity index is 610. The molecular formula is C16H18N2O4. The number of methoxy groups -OCH3 is 1. The van der Waals surface area contributed by atoms with E-state index in [1.807, 2.05) is 12.1 Å². The zero-order valence-electron chi connectivity index (χ0n) is 12.6. The Balaban J connectivity index is 2.16. The summed E-state index contributed by atoms with van der Waals surface area (Å²) in [5, 5.41) is 0. The maximum Gasteiger partial charge on any atom is 0.310 e. The molecule has 0 aliphatic carbocycles. The number of carbonyl (C=O) groups excluding carboxylic acids is 2. The first-order chi connectivity index (χ1) is 10.6. The van der Waals surface area contributed by atoms with Crippen LogP contribution in [0.4, 0.5) is 0 Å². The summed E-state index contributed by atoms with van der Waals surface area (Å²) < 4.78 is 9.89. The number of carbonyl (C=O) groups is 2. The minimum atomic E-state index is -0.425. The first-order valence-corrected chi connectivity index (χ1v) is 6.91. The molecule has 0 aliphatic rings. The predicted octanol–water partition coefficient (Wildman–Crippen LogP) is 2.13. The molecule has 0 N–H and O–H groups in total. The number of furan rings is 1. The summed E-state index contributed by atoms with van der Waals surface area (Å²) in [4.78, 5) is 29.7. The number of ether oxygens (including phenoxy) is 1. The molecule has 22 heavy (non-hydrogen) atoms. The molecule has 0 radical (unpaired) electrons. The van der Waals surface area contributed by atoms with Gasteiger partial charge in [0.25, 0.3) is 5.91 Å². The molecule has 2 aromatic rings. The Labute approximate surface area is 128 Å². The molecule has 1 unspecified atom stereocenters. The Hall–Kier alpha value is -2.63. The van der Waals surface area contributed by atoms with Gasteiger partial charge in [0.2, 0.25) is 0 Å². The van der Waals surface area contributed by atoms with Crippen LogP contribution in [0.1, 0.15) is 23.0 Å². The first-order valence-electron chi connectivity index (χ1n) is 6.91. The van der Waals surface area contributed by atoms with Gasteiger partial charge in [0.05, 0.1) is 19.3 Å². The number of pyridine rings is 1. The van der Waals surface area contributed by atoms with Gasteiger partial charge >= 0.3 is 5.97 Å². The Morgan fingerprint density at radius 3 is 2.64 bits per heavy atom. The van der Waals surface area contributed by atoms with E-state index in [0.29, 0.717) is 6.54 Å². The van der Waals surface area contributed by atoms with Crippen molar-refractivity contribution in [2.75, 3.05) is 13.7 Å². The van der Waals surface area contributed by atoms with Crippen LogP contribution in [0.2, 0.25) is 0 Å². The van der Waals surface area contributed by atoms with E-state index in [9.17, 15) is 9.59 Å². The molecule has 0 aliphatic heterocycles. The normalized spacial score (nSPS) is 11.7. The molecule has 0 bridgehead atoms. The van der Waals surface area contributed by atoms with Gasteiger partial charge in [-0.3, -0.25) is 14.6 Å². The third-order valence-electron chi connectivity index (χ3n) is 3.24. The van der Waals surface area contributed by atoms with Gasteiger partial charge in [-0.25, -0.2) is 0 Å². The Morgan fingerprint density at radius 1 is 1.32 bits per heavy atom. The Morgan fingerprint density at radius 2 is 2.05 bits per heavy atom. The largest absolute Gasteiger partial charge is 0.469 e. The summed E-state index contributed by atoms with van der Waals surface area (Å²) >= 11 is 0.